The molecule has 0 saturated carbocycles. The van der Waals surface area contributed by atoms with E-state index in [1.807, 2.05) is 6.07 Å². The van der Waals surface area contributed by atoms with Crippen molar-refractivity contribution in [3.05, 3.63) is 65.2 Å². The number of Topliss-reactive ketones (excluding diaryl/α,β-unsaturated/α-hetero) is 1. The minimum Gasteiger partial charge on any atom is -0.507 e. The summed E-state index contributed by atoms with van der Waals surface area (Å²) in [5.41, 5.74) is 1.63. The fourth-order valence-electron chi connectivity index (χ4n) is 3.23. The lowest BCUT2D eigenvalue weighted by molar-refractivity contribution is 0.0597. The van der Waals surface area contributed by atoms with Crippen molar-refractivity contribution in [1.82, 2.24) is 0 Å². The van der Waals surface area contributed by atoms with Crippen molar-refractivity contribution in [3.8, 4) is 5.75 Å². The zero-order valence-electron chi connectivity index (χ0n) is 18.8. The van der Waals surface area contributed by atoms with E-state index in [9.17, 15) is 14.7 Å². The fraction of sp³-hybridized carbons (Fsp3) is 0.423. The first-order valence-corrected chi connectivity index (χ1v) is 11.2. The maximum atomic E-state index is 12.2. The fourth-order valence-corrected chi connectivity index (χ4v) is 3.23. The predicted octanol–water partition coefficient (Wildman–Crippen LogP) is 5.03. The average Bonchev–Trinajstić information content (AvgIpc) is 2.82. The molecule has 0 atom stereocenters. The highest BCUT2D eigenvalue weighted by atomic mass is 16.5. The number of hydrogen-bond donors (Lipinski definition) is 1. The first kappa shape index (κ1) is 25.3. The van der Waals surface area contributed by atoms with E-state index in [-0.39, 0.29) is 22.7 Å². The third-order valence-corrected chi connectivity index (χ3v) is 5.07. The Morgan fingerprint density at radius 2 is 1.66 bits per heavy atom. The molecule has 0 spiro atoms. The number of hydrogen-bond acceptors (Lipinski definition) is 6. The van der Waals surface area contributed by atoms with Gasteiger partial charge in [-0.3, -0.25) is 9.79 Å². The quantitative estimate of drug-likeness (QED) is 0.182. The molecule has 0 amide bonds. The van der Waals surface area contributed by atoms with Crippen LogP contribution in [0.3, 0.4) is 0 Å². The summed E-state index contributed by atoms with van der Waals surface area (Å²) in [6, 6.07) is 14.6. The molecule has 0 aliphatic heterocycles. The molecule has 1 N–H and O–H groups in total. The molecule has 0 aliphatic carbocycles. The van der Waals surface area contributed by atoms with Gasteiger partial charge >= 0.3 is 5.97 Å². The van der Waals surface area contributed by atoms with Crippen molar-refractivity contribution in [2.45, 2.75) is 44.9 Å². The third kappa shape index (κ3) is 9.43. The normalized spacial score (nSPS) is 11.0. The summed E-state index contributed by atoms with van der Waals surface area (Å²) in [5.74, 6) is -1.22. The monoisotopic (exact) mass is 439 g/mol. The molecule has 2 rings (SSSR count). The van der Waals surface area contributed by atoms with Crippen LogP contribution in [0.4, 0.5) is 0 Å². The van der Waals surface area contributed by atoms with Gasteiger partial charge in [-0.05, 0) is 55.9 Å². The Balaban J connectivity index is 1.49. The van der Waals surface area contributed by atoms with Gasteiger partial charge < -0.3 is 14.6 Å². The van der Waals surface area contributed by atoms with Gasteiger partial charge in [-0.1, -0.05) is 43.2 Å². The van der Waals surface area contributed by atoms with Crippen molar-refractivity contribution in [3.63, 3.8) is 0 Å². The number of rotatable bonds is 15. The second-order valence-corrected chi connectivity index (χ2v) is 7.59. The molecule has 2 aromatic carbocycles. The van der Waals surface area contributed by atoms with E-state index < -0.39 is 5.97 Å². The van der Waals surface area contributed by atoms with Gasteiger partial charge in [0.15, 0.2) is 0 Å². The Kier molecular flexibility index (Phi) is 11.8. The molecule has 0 saturated heterocycles. The van der Waals surface area contributed by atoms with Gasteiger partial charge in [0.05, 0.1) is 13.3 Å². The van der Waals surface area contributed by atoms with Gasteiger partial charge in [0.1, 0.15) is 11.3 Å². The van der Waals surface area contributed by atoms with Crippen LogP contribution in [0.15, 0.2) is 53.5 Å². The van der Waals surface area contributed by atoms with Gasteiger partial charge in [-0.15, -0.1) is 0 Å². The van der Waals surface area contributed by atoms with E-state index in [0.29, 0.717) is 6.54 Å². The highest BCUT2D eigenvalue weighted by molar-refractivity contribution is 6.35. The van der Waals surface area contributed by atoms with Crippen LogP contribution >= 0.6 is 0 Å². The van der Waals surface area contributed by atoms with Crippen molar-refractivity contribution >= 4 is 18.0 Å². The zero-order valence-corrected chi connectivity index (χ0v) is 18.8. The van der Waals surface area contributed by atoms with Crippen LogP contribution in [0.1, 0.15) is 64.8 Å². The van der Waals surface area contributed by atoms with Crippen LogP contribution in [0.5, 0.6) is 5.75 Å². The van der Waals surface area contributed by atoms with Crippen molar-refractivity contribution in [2.24, 2.45) is 4.99 Å². The van der Waals surface area contributed by atoms with E-state index >= 15 is 0 Å². The first-order chi connectivity index (χ1) is 15.6. The molecule has 32 heavy (non-hydrogen) atoms. The number of phenolic OH excluding ortho intramolecular Hbond substituents is 1. The van der Waals surface area contributed by atoms with Crippen LogP contribution in [-0.4, -0.2) is 49.9 Å². The van der Waals surface area contributed by atoms with E-state index in [1.54, 1.807) is 0 Å². The minimum atomic E-state index is -0.690. The van der Waals surface area contributed by atoms with E-state index in [2.05, 4.69) is 34.0 Å². The Morgan fingerprint density at radius 1 is 0.938 bits per heavy atom. The van der Waals surface area contributed by atoms with Crippen LogP contribution < -0.4 is 0 Å². The summed E-state index contributed by atoms with van der Waals surface area (Å²) in [6.45, 7) is 2.18. The van der Waals surface area contributed by atoms with E-state index in [0.717, 1.165) is 58.2 Å². The van der Waals surface area contributed by atoms with Crippen molar-refractivity contribution < 1.29 is 24.2 Å². The molecule has 0 radical (unpaired) electrons. The molecule has 0 unspecified atom stereocenters. The molecular weight excluding hydrogens is 406 g/mol. The summed E-state index contributed by atoms with van der Waals surface area (Å²) in [6.07, 6.45) is 8.66. The van der Waals surface area contributed by atoms with Crippen LogP contribution in [0.2, 0.25) is 0 Å². The minimum absolute atomic E-state index is 0.0369. The average molecular weight is 440 g/mol. The lowest BCUT2D eigenvalue weighted by Crippen LogP contribution is -2.06. The molecule has 172 valence electrons. The van der Waals surface area contributed by atoms with E-state index in [4.69, 9.17) is 4.74 Å². The summed E-state index contributed by atoms with van der Waals surface area (Å²) in [4.78, 5) is 28.0. The molecule has 0 fully saturated rings. The SMILES string of the molecule is COC(=O)c1cc(C(=O)/C=N/CCCCCCOCCCCc2ccccc2)ccc1O. The third-order valence-electron chi connectivity index (χ3n) is 5.07. The maximum absolute atomic E-state index is 12.2. The van der Waals surface area contributed by atoms with Crippen LogP contribution in [-0.2, 0) is 15.9 Å². The number of phenols is 1. The Bertz CT molecular complexity index is 864. The summed E-state index contributed by atoms with van der Waals surface area (Å²) in [7, 11) is 1.22. The second kappa shape index (κ2) is 14.9. The molecule has 0 bridgehead atoms. The van der Waals surface area contributed by atoms with Crippen molar-refractivity contribution in [1.29, 1.82) is 0 Å². The number of aliphatic imine (C=N–C) groups is 1. The van der Waals surface area contributed by atoms with Crippen molar-refractivity contribution in [2.75, 3.05) is 26.9 Å². The molecule has 0 aliphatic rings. The zero-order chi connectivity index (χ0) is 23.0. The summed E-state index contributed by atoms with van der Waals surface area (Å²) in [5, 5.41) is 9.70. The van der Waals surface area contributed by atoms with Gasteiger partial charge in [0, 0.05) is 25.3 Å². The molecule has 6 nitrogen and oxygen atoms in total. The van der Waals surface area contributed by atoms with Gasteiger partial charge in [0.2, 0.25) is 5.78 Å². The van der Waals surface area contributed by atoms with Crippen LogP contribution in [0, 0.1) is 0 Å². The standard InChI is InChI=1S/C26H33NO5/c1-31-26(30)23-19-22(14-15-24(23)28)25(29)20-27-16-8-2-3-9-17-32-18-10-7-13-21-11-5-4-6-12-21/h4-6,11-12,14-15,19-20,28H,2-3,7-10,13,16-18H2,1H3/b27-20+. The Labute approximate surface area is 190 Å². The number of esters is 1. The smallest absolute Gasteiger partial charge is 0.341 e. The first-order valence-electron chi connectivity index (χ1n) is 11.2. The molecule has 6 heteroatoms. The molecular formula is C26H33NO5. The molecule has 0 aromatic heterocycles. The largest absolute Gasteiger partial charge is 0.507 e. The number of carbonyl (C=O) groups is 2. The predicted molar refractivity (Wildman–Crippen MR) is 126 cm³/mol. The number of nitrogens with zero attached hydrogens (tertiary/aromatic N) is 1. The number of ketones is 1. The number of aromatic hydroxyl groups is 1. The van der Waals surface area contributed by atoms with Gasteiger partial charge in [0.25, 0.3) is 0 Å². The topological polar surface area (TPSA) is 85.2 Å². The number of benzene rings is 2. The lowest BCUT2D eigenvalue weighted by Gasteiger charge is -2.05. The van der Waals surface area contributed by atoms with Crippen LogP contribution in [0.25, 0.3) is 0 Å². The lowest BCUT2D eigenvalue weighted by atomic mass is 10.1. The van der Waals surface area contributed by atoms with Gasteiger partial charge in [-0.2, -0.15) is 0 Å². The highest BCUT2D eigenvalue weighted by Gasteiger charge is 2.14. The molecule has 0 heterocycles. The maximum Gasteiger partial charge on any atom is 0.341 e. The number of unbranched alkanes of at least 4 members (excludes halogenated alkanes) is 4. The number of ether oxygens (including phenoxy) is 2. The number of aryl methyl sites for hydroxylation is 1. The highest BCUT2D eigenvalue weighted by Crippen LogP contribution is 2.19. The van der Waals surface area contributed by atoms with Gasteiger partial charge in [-0.25, -0.2) is 4.79 Å². The van der Waals surface area contributed by atoms with E-state index in [1.165, 1.54) is 37.1 Å². The number of carbonyl (C=O) groups excluding carboxylic acids is 2. The summed E-state index contributed by atoms with van der Waals surface area (Å²) < 4.78 is 10.3. The Morgan fingerprint density at radius 3 is 2.41 bits per heavy atom. The number of methoxy groups -OCH3 is 1. The summed E-state index contributed by atoms with van der Waals surface area (Å²) >= 11 is 0. The molecule has 2 aromatic rings. The second-order valence-electron chi connectivity index (χ2n) is 7.59. The Hall–Kier alpha value is -2.99.